The number of hydrogen-bond acceptors (Lipinski definition) is 5. The minimum atomic E-state index is -4.24. The highest BCUT2D eigenvalue weighted by Gasteiger charge is 2.33. The van der Waals surface area contributed by atoms with Crippen LogP contribution < -0.4 is 14.4 Å². The zero-order valence-electron chi connectivity index (χ0n) is 23.7. The molecular weight excluding hydrogens is 585 g/mol. The van der Waals surface area contributed by atoms with E-state index in [2.05, 4.69) is 5.32 Å². The van der Waals surface area contributed by atoms with E-state index in [4.69, 9.17) is 27.9 Å². The van der Waals surface area contributed by atoms with Gasteiger partial charge in [0.25, 0.3) is 10.0 Å². The maximum absolute atomic E-state index is 14.0. The minimum Gasteiger partial charge on any atom is -0.497 e. The second kappa shape index (κ2) is 14.1. The summed E-state index contributed by atoms with van der Waals surface area (Å²) >= 11 is 12.5. The highest BCUT2D eigenvalue weighted by Crippen LogP contribution is 2.30. The Morgan fingerprint density at radius 2 is 1.61 bits per heavy atom. The molecule has 0 aliphatic carbocycles. The number of methoxy groups -OCH3 is 1. The number of aryl methyl sites for hydroxylation is 1. The van der Waals surface area contributed by atoms with Gasteiger partial charge in [0.1, 0.15) is 18.3 Å². The van der Waals surface area contributed by atoms with Crippen LogP contribution in [0, 0.1) is 6.92 Å². The molecule has 220 valence electrons. The predicted molar refractivity (Wildman–Crippen MR) is 163 cm³/mol. The molecule has 2 unspecified atom stereocenters. The zero-order chi connectivity index (χ0) is 30.3. The van der Waals surface area contributed by atoms with Crippen molar-refractivity contribution < 1.29 is 22.7 Å². The van der Waals surface area contributed by atoms with Crippen molar-refractivity contribution in [3.8, 4) is 5.75 Å². The summed E-state index contributed by atoms with van der Waals surface area (Å²) in [6.07, 6.45) is 0.709. The minimum absolute atomic E-state index is 0.00564. The van der Waals surface area contributed by atoms with Crippen molar-refractivity contribution in [2.75, 3.05) is 18.0 Å². The van der Waals surface area contributed by atoms with Gasteiger partial charge in [-0.2, -0.15) is 0 Å². The van der Waals surface area contributed by atoms with E-state index in [1.807, 2.05) is 20.8 Å². The van der Waals surface area contributed by atoms with Gasteiger partial charge in [0.05, 0.1) is 17.7 Å². The monoisotopic (exact) mass is 619 g/mol. The Balaban J connectivity index is 2.07. The van der Waals surface area contributed by atoms with E-state index >= 15 is 0 Å². The fourth-order valence-corrected chi connectivity index (χ4v) is 5.98. The van der Waals surface area contributed by atoms with E-state index in [1.165, 1.54) is 42.3 Å². The van der Waals surface area contributed by atoms with Crippen LogP contribution in [0.2, 0.25) is 10.0 Å². The number of nitrogens with zero attached hydrogens (tertiary/aromatic N) is 2. The molecule has 3 aromatic carbocycles. The fourth-order valence-electron chi connectivity index (χ4n) is 4.07. The number of amides is 2. The molecule has 0 saturated heterocycles. The summed E-state index contributed by atoms with van der Waals surface area (Å²) in [5, 5.41) is 3.32. The number of hydrogen-bond donors (Lipinski definition) is 1. The lowest BCUT2D eigenvalue weighted by Crippen LogP contribution is -2.52. The van der Waals surface area contributed by atoms with Crippen LogP contribution in [0.15, 0.2) is 71.6 Å². The van der Waals surface area contributed by atoms with Crippen molar-refractivity contribution in [3.05, 3.63) is 87.9 Å². The normalized spacial score (nSPS) is 12.8. The number of anilines is 1. The second-order valence-corrected chi connectivity index (χ2v) is 12.6. The molecule has 3 aromatic rings. The third-order valence-corrected chi connectivity index (χ3v) is 8.90. The maximum atomic E-state index is 14.0. The average molecular weight is 621 g/mol. The van der Waals surface area contributed by atoms with Crippen LogP contribution in [0.1, 0.15) is 38.3 Å². The first-order valence-corrected chi connectivity index (χ1v) is 15.3. The molecule has 41 heavy (non-hydrogen) atoms. The third kappa shape index (κ3) is 8.38. The van der Waals surface area contributed by atoms with Crippen molar-refractivity contribution in [2.24, 2.45) is 0 Å². The number of ether oxygens (including phenoxy) is 1. The first-order valence-electron chi connectivity index (χ1n) is 13.1. The summed E-state index contributed by atoms with van der Waals surface area (Å²) in [7, 11) is -2.70. The molecule has 0 radical (unpaired) electrons. The summed E-state index contributed by atoms with van der Waals surface area (Å²) < 4.78 is 34.1. The Bertz CT molecular complexity index is 1460. The number of rotatable bonds is 12. The van der Waals surface area contributed by atoms with Gasteiger partial charge in [-0.15, -0.1) is 0 Å². The van der Waals surface area contributed by atoms with Gasteiger partial charge in [-0.05, 0) is 75.2 Å². The van der Waals surface area contributed by atoms with Gasteiger partial charge in [0.15, 0.2) is 0 Å². The molecule has 0 fully saturated rings. The van der Waals surface area contributed by atoms with Gasteiger partial charge >= 0.3 is 0 Å². The molecule has 11 heteroatoms. The van der Waals surface area contributed by atoms with Gasteiger partial charge in [-0.3, -0.25) is 13.9 Å². The molecular formula is C30H35Cl2N3O5S. The number of benzene rings is 3. The largest absolute Gasteiger partial charge is 0.497 e. The maximum Gasteiger partial charge on any atom is 0.264 e. The third-order valence-electron chi connectivity index (χ3n) is 6.68. The second-order valence-electron chi connectivity index (χ2n) is 9.82. The summed E-state index contributed by atoms with van der Waals surface area (Å²) in [5.41, 5.74) is 1.71. The molecule has 3 rings (SSSR count). The first kappa shape index (κ1) is 32.2. The topological polar surface area (TPSA) is 96.0 Å². The van der Waals surface area contributed by atoms with E-state index < -0.39 is 28.5 Å². The summed E-state index contributed by atoms with van der Waals surface area (Å²) in [6, 6.07) is 16.7. The lowest BCUT2D eigenvalue weighted by Gasteiger charge is -2.32. The standard InChI is InChI=1S/C30H35Cl2N3O5S/c1-6-21(3)33-30(37)22(4)34(18-23-8-7-9-27(14-23)40-5)29(36)19-35(26-16-24(31)15-25(32)17-26)41(38,39)28-12-10-20(2)11-13-28/h7-17,21-22H,6,18-19H2,1-5H3,(H,33,37). The number of sulfonamides is 1. The zero-order valence-corrected chi connectivity index (χ0v) is 26.1. The van der Waals surface area contributed by atoms with Crippen molar-refractivity contribution in [1.29, 1.82) is 0 Å². The van der Waals surface area contributed by atoms with Crippen LogP contribution in [0.3, 0.4) is 0 Å². The van der Waals surface area contributed by atoms with Gasteiger partial charge in [0, 0.05) is 22.6 Å². The van der Waals surface area contributed by atoms with Crippen LogP contribution in [-0.2, 0) is 26.2 Å². The van der Waals surface area contributed by atoms with Crippen LogP contribution in [0.4, 0.5) is 5.69 Å². The number of halogens is 2. The highest BCUT2D eigenvalue weighted by atomic mass is 35.5. The molecule has 0 aromatic heterocycles. The smallest absolute Gasteiger partial charge is 0.264 e. The van der Waals surface area contributed by atoms with E-state index in [1.54, 1.807) is 43.3 Å². The van der Waals surface area contributed by atoms with Gasteiger partial charge in [0.2, 0.25) is 11.8 Å². The van der Waals surface area contributed by atoms with Crippen LogP contribution in [-0.4, -0.2) is 50.9 Å². The summed E-state index contributed by atoms with van der Waals surface area (Å²) in [5.74, 6) is -0.357. The van der Waals surface area contributed by atoms with Gasteiger partial charge in [-0.1, -0.05) is 60.0 Å². The van der Waals surface area contributed by atoms with Gasteiger partial charge < -0.3 is 15.0 Å². The molecule has 8 nitrogen and oxygen atoms in total. The van der Waals surface area contributed by atoms with E-state index in [9.17, 15) is 18.0 Å². The lowest BCUT2D eigenvalue weighted by molar-refractivity contribution is -0.139. The van der Waals surface area contributed by atoms with Crippen LogP contribution in [0.25, 0.3) is 0 Å². The summed E-state index contributed by atoms with van der Waals surface area (Å²) in [6.45, 7) is 6.72. The molecule has 0 spiro atoms. The number of carbonyl (C=O) groups excluding carboxylic acids is 2. The molecule has 0 heterocycles. The molecule has 2 atom stereocenters. The molecule has 0 aliphatic heterocycles. The van der Waals surface area contributed by atoms with Crippen molar-refractivity contribution in [1.82, 2.24) is 10.2 Å². The predicted octanol–water partition coefficient (Wildman–Crippen LogP) is 5.84. The first-order chi connectivity index (χ1) is 19.3. The Labute approximate surface area is 252 Å². The van der Waals surface area contributed by atoms with E-state index in [0.29, 0.717) is 17.7 Å². The van der Waals surface area contributed by atoms with Crippen molar-refractivity contribution in [2.45, 2.75) is 57.6 Å². The Hall–Kier alpha value is -3.27. The molecule has 0 aliphatic rings. The number of carbonyl (C=O) groups is 2. The fraction of sp³-hybridized carbons (Fsp3) is 0.333. The quantitative estimate of drug-likeness (QED) is 0.275. The summed E-state index contributed by atoms with van der Waals surface area (Å²) in [4.78, 5) is 28.6. The van der Waals surface area contributed by atoms with Crippen LogP contribution in [0.5, 0.6) is 5.75 Å². The van der Waals surface area contributed by atoms with E-state index in [-0.39, 0.29) is 39.1 Å². The van der Waals surface area contributed by atoms with E-state index in [0.717, 1.165) is 9.87 Å². The van der Waals surface area contributed by atoms with Crippen molar-refractivity contribution in [3.63, 3.8) is 0 Å². The van der Waals surface area contributed by atoms with Crippen molar-refractivity contribution >= 4 is 50.7 Å². The van der Waals surface area contributed by atoms with Crippen LogP contribution >= 0.6 is 23.2 Å². The molecule has 0 bridgehead atoms. The molecule has 2 amide bonds. The number of nitrogens with one attached hydrogen (secondary N) is 1. The Kier molecular flexibility index (Phi) is 11.1. The molecule has 1 N–H and O–H groups in total. The molecule has 0 saturated carbocycles. The average Bonchev–Trinajstić information content (AvgIpc) is 2.93. The highest BCUT2D eigenvalue weighted by molar-refractivity contribution is 7.92. The SMILES string of the molecule is CCC(C)NC(=O)C(C)N(Cc1cccc(OC)c1)C(=O)CN(c1cc(Cl)cc(Cl)c1)S(=O)(=O)c1ccc(C)cc1. The lowest BCUT2D eigenvalue weighted by atomic mass is 10.1. The van der Waals surface area contributed by atoms with Gasteiger partial charge in [-0.25, -0.2) is 8.42 Å². The Morgan fingerprint density at radius 1 is 0.976 bits per heavy atom. The Morgan fingerprint density at radius 3 is 2.20 bits per heavy atom.